The number of nitrogens with zero attached hydrogens (tertiary/aromatic N) is 3. The average molecular weight is 429 g/mol. The molecule has 1 aromatic rings. The van der Waals surface area contributed by atoms with Crippen molar-refractivity contribution in [3.63, 3.8) is 0 Å². The number of halogens is 1. The number of Topliss-reactive ketones (excluding diaryl/α,β-unsaturated/α-hetero) is 1. The highest BCUT2D eigenvalue weighted by Crippen LogP contribution is 2.29. The first-order valence-electron chi connectivity index (χ1n) is 7.67. The van der Waals surface area contributed by atoms with Gasteiger partial charge in [-0.05, 0) is 67.0 Å². The minimum Gasteiger partial charge on any atom is -0.466 e. The number of hydrogen-bond acceptors (Lipinski definition) is 5. The predicted molar refractivity (Wildman–Crippen MR) is 94.8 cm³/mol. The second kappa shape index (κ2) is 8.37. The number of carbonyl (C=O) groups excluding carboxylic acids is 2. The zero-order chi connectivity index (χ0) is 16.8. The summed E-state index contributed by atoms with van der Waals surface area (Å²) in [5.41, 5.74) is 1.82. The molecule has 1 aromatic carbocycles. The molecule has 1 fully saturated rings. The van der Waals surface area contributed by atoms with Crippen molar-refractivity contribution in [2.75, 3.05) is 19.7 Å². The zero-order valence-electron chi connectivity index (χ0n) is 13.3. The van der Waals surface area contributed by atoms with Crippen molar-refractivity contribution in [3.05, 3.63) is 26.8 Å². The van der Waals surface area contributed by atoms with Crippen LogP contribution in [0.4, 0.5) is 5.69 Å². The Morgan fingerprint density at radius 3 is 2.65 bits per heavy atom. The van der Waals surface area contributed by atoms with Gasteiger partial charge in [0.2, 0.25) is 0 Å². The minimum atomic E-state index is -0.517. The lowest BCUT2D eigenvalue weighted by Gasteiger charge is -2.11. The van der Waals surface area contributed by atoms with Gasteiger partial charge in [-0.2, -0.15) is 0 Å². The Labute approximate surface area is 149 Å². The molecule has 0 saturated carbocycles. The van der Waals surface area contributed by atoms with E-state index in [1.807, 2.05) is 18.0 Å². The Balaban J connectivity index is 2.26. The molecule has 0 radical (unpaired) electrons. The molecule has 1 aliphatic heterocycles. The van der Waals surface area contributed by atoms with Crippen molar-refractivity contribution in [2.45, 2.75) is 33.1 Å². The molecule has 0 unspecified atom stereocenters. The second-order valence-electron chi connectivity index (χ2n) is 5.37. The molecule has 0 spiro atoms. The minimum absolute atomic E-state index is 0.263. The average Bonchev–Trinajstić information content (AvgIpc) is 2.99. The third-order valence-electron chi connectivity index (χ3n) is 3.53. The highest BCUT2D eigenvalue weighted by Gasteiger charge is 2.19. The van der Waals surface area contributed by atoms with Gasteiger partial charge < -0.3 is 4.74 Å². The maximum absolute atomic E-state index is 12.4. The van der Waals surface area contributed by atoms with Crippen LogP contribution in [0.1, 0.15) is 42.1 Å². The number of esters is 1. The molecule has 0 aromatic heterocycles. The summed E-state index contributed by atoms with van der Waals surface area (Å²) in [6.07, 6.45) is 1.94. The Kier molecular flexibility index (Phi) is 6.49. The van der Waals surface area contributed by atoms with Crippen molar-refractivity contribution in [3.8, 4) is 0 Å². The normalized spacial score (nSPS) is 14.5. The molecular formula is C16H20IN3O3. The number of aryl methyl sites for hydroxylation is 1. The molecule has 1 heterocycles. The molecule has 2 rings (SSSR count). The first-order chi connectivity index (χ1) is 11.0. The topological polar surface area (TPSA) is 71.3 Å². The third kappa shape index (κ3) is 4.98. The molecular weight excluding hydrogens is 409 g/mol. The molecule has 0 amide bonds. The first-order valence-corrected chi connectivity index (χ1v) is 8.74. The SMILES string of the molecule is CCOC(=O)CC(=O)c1cc(I)cc(C)c1N=NN1CCCC1. The van der Waals surface area contributed by atoms with Gasteiger partial charge in [0, 0.05) is 22.2 Å². The fourth-order valence-corrected chi connectivity index (χ4v) is 3.20. The van der Waals surface area contributed by atoms with Crippen molar-refractivity contribution in [1.82, 2.24) is 5.01 Å². The molecule has 0 atom stereocenters. The van der Waals surface area contributed by atoms with E-state index in [4.69, 9.17) is 4.74 Å². The summed E-state index contributed by atoms with van der Waals surface area (Å²) >= 11 is 2.15. The summed E-state index contributed by atoms with van der Waals surface area (Å²) in [5, 5.41) is 10.4. The summed E-state index contributed by atoms with van der Waals surface area (Å²) in [6.45, 7) is 5.65. The molecule has 6 nitrogen and oxygen atoms in total. The standard InChI is InChI=1S/C16H20IN3O3/c1-3-23-15(22)10-14(21)13-9-12(17)8-11(2)16(13)18-19-20-6-4-5-7-20/h8-9H,3-7,10H2,1-2H3. The molecule has 0 bridgehead atoms. The van der Waals surface area contributed by atoms with Gasteiger partial charge in [-0.15, -0.1) is 5.11 Å². The van der Waals surface area contributed by atoms with Gasteiger partial charge >= 0.3 is 5.97 Å². The van der Waals surface area contributed by atoms with E-state index in [0.717, 1.165) is 35.1 Å². The molecule has 124 valence electrons. The van der Waals surface area contributed by atoms with Gasteiger partial charge in [-0.25, -0.2) is 0 Å². The van der Waals surface area contributed by atoms with Gasteiger partial charge in [0.15, 0.2) is 5.78 Å². The lowest BCUT2D eigenvalue weighted by Crippen LogP contribution is -2.12. The van der Waals surface area contributed by atoms with Crippen LogP contribution in [0.25, 0.3) is 0 Å². The lowest BCUT2D eigenvalue weighted by molar-refractivity contribution is -0.141. The lowest BCUT2D eigenvalue weighted by atomic mass is 10.0. The maximum atomic E-state index is 12.4. The van der Waals surface area contributed by atoms with Crippen LogP contribution >= 0.6 is 22.6 Å². The Bertz CT molecular complexity index is 625. The van der Waals surface area contributed by atoms with Gasteiger partial charge in [-0.3, -0.25) is 14.6 Å². The summed E-state index contributed by atoms with van der Waals surface area (Å²) in [6, 6.07) is 3.69. The Morgan fingerprint density at radius 1 is 1.30 bits per heavy atom. The van der Waals surface area contributed by atoms with E-state index in [1.54, 1.807) is 13.0 Å². The Hall–Kier alpha value is -1.51. The van der Waals surface area contributed by atoms with Gasteiger partial charge in [-0.1, -0.05) is 5.22 Å². The van der Waals surface area contributed by atoms with Crippen LogP contribution in [0.5, 0.6) is 0 Å². The second-order valence-corrected chi connectivity index (χ2v) is 6.62. The number of ether oxygens (including phenoxy) is 1. The first kappa shape index (κ1) is 17.8. The third-order valence-corrected chi connectivity index (χ3v) is 4.15. The molecule has 23 heavy (non-hydrogen) atoms. The van der Waals surface area contributed by atoms with E-state index in [1.165, 1.54) is 0 Å². The van der Waals surface area contributed by atoms with Crippen LogP contribution in [-0.4, -0.2) is 36.5 Å². The number of rotatable bonds is 6. The number of carbonyl (C=O) groups is 2. The highest BCUT2D eigenvalue weighted by atomic mass is 127. The van der Waals surface area contributed by atoms with Gasteiger partial charge in [0.05, 0.1) is 6.61 Å². The van der Waals surface area contributed by atoms with Crippen molar-refractivity contribution < 1.29 is 14.3 Å². The van der Waals surface area contributed by atoms with E-state index in [-0.39, 0.29) is 18.8 Å². The molecule has 1 aliphatic rings. The summed E-state index contributed by atoms with van der Waals surface area (Å²) in [5.74, 6) is -0.808. The van der Waals surface area contributed by atoms with E-state index < -0.39 is 5.97 Å². The van der Waals surface area contributed by atoms with Crippen LogP contribution in [0.2, 0.25) is 0 Å². The highest BCUT2D eigenvalue weighted by molar-refractivity contribution is 14.1. The zero-order valence-corrected chi connectivity index (χ0v) is 15.5. The van der Waals surface area contributed by atoms with Crippen LogP contribution in [-0.2, 0) is 9.53 Å². The van der Waals surface area contributed by atoms with Crippen LogP contribution in [0.3, 0.4) is 0 Å². The molecule has 7 heteroatoms. The van der Waals surface area contributed by atoms with E-state index in [0.29, 0.717) is 11.3 Å². The fraction of sp³-hybridized carbons (Fsp3) is 0.500. The summed E-state index contributed by atoms with van der Waals surface area (Å²) in [4.78, 5) is 24.0. The number of ketones is 1. The number of hydrogen-bond donors (Lipinski definition) is 0. The van der Waals surface area contributed by atoms with E-state index in [9.17, 15) is 9.59 Å². The fourth-order valence-electron chi connectivity index (χ4n) is 2.42. The predicted octanol–water partition coefficient (Wildman–Crippen LogP) is 3.83. The van der Waals surface area contributed by atoms with Crippen molar-refractivity contribution in [1.29, 1.82) is 0 Å². The number of benzene rings is 1. The summed E-state index contributed by atoms with van der Waals surface area (Å²) in [7, 11) is 0. The van der Waals surface area contributed by atoms with Crippen molar-refractivity contribution in [2.24, 2.45) is 10.3 Å². The molecule has 0 aliphatic carbocycles. The van der Waals surface area contributed by atoms with Crippen molar-refractivity contribution >= 4 is 40.0 Å². The largest absolute Gasteiger partial charge is 0.466 e. The maximum Gasteiger partial charge on any atom is 0.313 e. The van der Waals surface area contributed by atoms with E-state index in [2.05, 4.69) is 32.9 Å². The molecule has 0 N–H and O–H groups in total. The van der Waals surface area contributed by atoms with E-state index >= 15 is 0 Å². The van der Waals surface area contributed by atoms with Gasteiger partial charge in [0.25, 0.3) is 0 Å². The summed E-state index contributed by atoms with van der Waals surface area (Å²) < 4.78 is 5.78. The quantitative estimate of drug-likeness (QED) is 0.227. The molecule has 1 saturated heterocycles. The van der Waals surface area contributed by atoms with Gasteiger partial charge in [0.1, 0.15) is 12.1 Å². The van der Waals surface area contributed by atoms with Crippen LogP contribution in [0, 0.1) is 10.5 Å². The van der Waals surface area contributed by atoms with Crippen LogP contribution in [0.15, 0.2) is 22.5 Å². The smallest absolute Gasteiger partial charge is 0.313 e. The monoisotopic (exact) mass is 429 g/mol. The Morgan fingerprint density at radius 2 is 2.00 bits per heavy atom. The van der Waals surface area contributed by atoms with Crippen LogP contribution < -0.4 is 0 Å².